The number of aliphatic hydroxyl groups excluding tert-OH is 1. The van der Waals surface area contributed by atoms with Crippen LogP contribution >= 0.6 is 11.8 Å². The molecule has 0 aliphatic heterocycles. The first-order chi connectivity index (χ1) is 7.58. The summed E-state index contributed by atoms with van der Waals surface area (Å²) < 4.78 is 0. The lowest BCUT2D eigenvalue weighted by atomic mass is 10.2. The quantitative estimate of drug-likeness (QED) is 0.767. The summed E-state index contributed by atoms with van der Waals surface area (Å²) in [5.74, 6) is 0.335. The molecule has 0 bridgehead atoms. The van der Waals surface area contributed by atoms with E-state index in [-0.39, 0.29) is 5.91 Å². The molecule has 3 nitrogen and oxygen atoms in total. The minimum atomic E-state index is -0.492. The van der Waals surface area contributed by atoms with Crippen LogP contribution in [0.4, 0.5) is 0 Å². The molecule has 1 rings (SSSR count). The SMILES string of the molecule is Cc1ccc(SCC(=O)NC[C@H](C)O)cc1. The maximum Gasteiger partial charge on any atom is 0.230 e. The molecule has 16 heavy (non-hydrogen) atoms. The highest BCUT2D eigenvalue weighted by atomic mass is 32.2. The lowest BCUT2D eigenvalue weighted by molar-refractivity contribution is -0.118. The molecule has 0 radical (unpaired) electrons. The van der Waals surface area contributed by atoms with E-state index >= 15 is 0 Å². The number of amides is 1. The molecular weight excluding hydrogens is 222 g/mol. The zero-order valence-corrected chi connectivity index (χ0v) is 10.4. The summed E-state index contributed by atoms with van der Waals surface area (Å²) in [6.45, 7) is 3.99. The largest absolute Gasteiger partial charge is 0.392 e. The minimum absolute atomic E-state index is 0.0496. The Morgan fingerprint density at radius 2 is 2.06 bits per heavy atom. The number of hydrogen-bond donors (Lipinski definition) is 2. The summed E-state index contributed by atoms with van der Waals surface area (Å²) in [5.41, 5.74) is 1.21. The first-order valence-electron chi connectivity index (χ1n) is 5.22. The van der Waals surface area contributed by atoms with Crippen LogP contribution in [0.3, 0.4) is 0 Å². The highest BCUT2D eigenvalue weighted by Gasteiger charge is 2.03. The van der Waals surface area contributed by atoms with E-state index in [2.05, 4.69) is 5.32 Å². The Balaban J connectivity index is 2.29. The summed E-state index contributed by atoms with van der Waals surface area (Å²) in [4.78, 5) is 12.4. The van der Waals surface area contributed by atoms with E-state index in [9.17, 15) is 4.79 Å². The molecule has 0 saturated carbocycles. The van der Waals surface area contributed by atoms with Gasteiger partial charge in [-0.3, -0.25) is 4.79 Å². The third kappa shape index (κ3) is 5.19. The van der Waals surface area contributed by atoms with Crippen molar-refractivity contribution >= 4 is 17.7 Å². The molecule has 0 aromatic heterocycles. The molecule has 1 amide bonds. The van der Waals surface area contributed by atoms with Gasteiger partial charge >= 0.3 is 0 Å². The van der Waals surface area contributed by atoms with Gasteiger partial charge in [0.25, 0.3) is 0 Å². The number of hydrogen-bond acceptors (Lipinski definition) is 3. The van der Waals surface area contributed by atoms with Crippen LogP contribution in [-0.4, -0.2) is 29.4 Å². The van der Waals surface area contributed by atoms with E-state index in [1.54, 1.807) is 6.92 Å². The molecule has 2 N–H and O–H groups in total. The van der Waals surface area contributed by atoms with Crippen LogP contribution in [0.1, 0.15) is 12.5 Å². The highest BCUT2D eigenvalue weighted by Crippen LogP contribution is 2.17. The van der Waals surface area contributed by atoms with E-state index < -0.39 is 6.10 Å². The average molecular weight is 239 g/mol. The molecule has 0 saturated heterocycles. The summed E-state index contributed by atoms with van der Waals surface area (Å²) in [7, 11) is 0. The lowest BCUT2D eigenvalue weighted by Crippen LogP contribution is -2.31. The van der Waals surface area contributed by atoms with Gasteiger partial charge in [0.05, 0.1) is 11.9 Å². The molecule has 88 valence electrons. The fourth-order valence-electron chi connectivity index (χ4n) is 1.10. The maximum absolute atomic E-state index is 11.3. The maximum atomic E-state index is 11.3. The molecule has 0 fully saturated rings. The van der Waals surface area contributed by atoms with E-state index in [0.717, 1.165) is 4.90 Å². The van der Waals surface area contributed by atoms with E-state index in [1.807, 2.05) is 31.2 Å². The Morgan fingerprint density at radius 1 is 1.44 bits per heavy atom. The Bertz CT molecular complexity index is 335. The smallest absolute Gasteiger partial charge is 0.230 e. The molecule has 1 atom stereocenters. The first kappa shape index (κ1) is 13.1. The van der Waals surface area contributed by atoms with Gasteiger partial charge in [0.1, 0.15) is 0 Å². The van der Waals surface area contributed by atoms with Gasteiger partial charge in [-0.15, -0.1) is 11.8 Å². The van der Waals surface area contributed by atoms with Gasteiger partial charge in [0, 0.05) is 11.4 Å². The monoisotopic (exact) mass is 239 g/mol. The van der Waals surface area contributed by atoms with Crippen molar-refractivity contribution in [3.8, 4) is 0 Å². The molecule has 0 unspecified atom stereocenters. The van der Waals surface area contributed by atoms with Gasteiger partial charge in [-0.05, 0) is 26.0 Å². The molecular formula is C12H17NO2S. The zero-order valence-electron chi connectivity index (χ0n) is 9.56. The van der Waals surface area contributed by atoms with Crippen molar-refractivity contribution < 1.29 is 9.90 Å². The van der Waals surface area contributed by atoms with Crippen LogP contribution in [0.2, 0.25) is 0 Å². The fourth-order valence-corrected chi connectivity index (χ4v) is 1.82. The predicted molar refractivity (Wildman–Crippen MR) is 66.6 cm³/mol. The average Bonchev–Trinajstić information content (AvgIpc) is 2.25. The van der Waals surface area contributed by atoms with Gasteiger partial charge in [-0.1, -0.05) is 17.7 Å². The van der Waals surface area contributed by atoms with Gasteiger partial charge in [0.15, 0.2) is 0 Å². The number of nitrogens with one attached hydrogen (secondary N) is 1. The topological polar surface area (TPSA) is 49.3 Å². The number of aliphatic hydroxyl groups is 1. The number of benzene rings is 1. The highest BCUT2D eigenvalue weighted by molar-refractivity contribution is 8.00. The second kappa shape index (κ2) is 6.55. The van der Waals surface area contributed by atoms with Crippen LogP contribution in [-0.2, 0) is 4.79 Å². The van der Waals surface area contributed by atoms with E-state index in [1.165, 1.54) is 17.3 Å². The minimum Gasteiger partial charge on any atom is -0.392 e. The van der Waals surface area contributed by atoms with Gasteiger partial charge < -0.3 is 10.4 Å². The van der Waals surface area contributed by atoms with Crippen LogP contribution in [0, 0.1) is 6.92 Å². The van der Waals surface area contributed by atoms with Crippen molar-refractivity contribution in [3.05, 3.63) is 29.8 Å². The standard InChI is InChI=1S/C12H17NO2S/c1-9-3-5-11(6-4-9)16-8-12(15)13-7-10(2)14/h3-6,10,14H,7-8H2,1-2H3,(H,13,15)/t10-/m0/s1. The summed E-state index contributed by atoms with van der Waals surface area (Å²) in [5, 5.41) is 11.6. The van der Waals surface area contributed by atoms with Crippen molar-refractivity contribution in [1.82, 2.24) is 5.32 Å². The second-order valence-corrected chi connectivity index (χ2v) is 4.80. The van der Waals surface area contributed by atoms with Crippen molar-refractivity contribution in [2.75, 3.05) is 12.3 Å². The fraction of sp³-hybridized carbons (Fsp3) is 0.417. The van der Waals surface area contributed by atoms with Crippen molar-refractivity contribution in [2.45, 2.75) is 24.8 Å². The normalized spacial score (nSPS) is 12.2. The zero-order chi connectivity index (χ0) is 12.0. The predicted octanol–water partition coefficient (Wildman–Crippen LogP) is 1.58. The Labute approximate surface area is 100 Å². The molecule has 0 spiro atoms. The Hall–Kier alpha value is -1.00. The molecule has 0 aliphatic carbocycles. The number of thioether (sulfide) groups is 1. The van der Waals surface area contributed by atoms with Gasteiger partial charge in [0.2, 0.25) is 5.91 Å². The third-order valence-corrected chi connectivity index (χ3v) is 3.00. The van der Waals surface area contributed by atoms with Crippen LogP contribution in [0.25, 0.3) is 0 Å². The van der Waals surface area contributed by atoms with Crippen molar-refractivity contribution in [3.63, 3.8) is 0 Å². The number of carbonyl (C=O) groups excluding carboxylic acids is 1. The van der Waals surface area contributed by atoms with E-state index in [4.69, 9.17) is 5.11 Å². The molecule has 1 aromatic rings. The molecule has 0 heterocycles. The van der Waals surface area contributed by atoms with Gasteiger partial charge in [-0.2, -0.15) is 0 Å². The molecule has 4 heteroatoms. The number of carbonyl (C=O) groups is 1. The van der Waals surface area contributed by atoms with E-state index in [0.29, 0.717) is 12.3 Å². The lowest BCUT2D eigenvalue weighted by Gasteiger charge is -2.06. The Kier molecular flexibility index (Phi) is 5.35. The summed E-state index contributed by atoms with van der Waals surface area (Å²) in [6, 6.07) is 8.05. The Morgan fingerprint density at radius 3 is 2.62 bits per heavy atom. The summed E-state index contributed by atoms with van der Waals surface area (Å²) >= 11 is 1.50. The van der Waals surface area contributed by atoms with Crippen LogP contribution in [0.5, 0.6) is 0 Å². The number of aryl methyl sites for hydroxylation is 1. The summed E-state index contributed by atoms with van der Waals surface area (Å²) in [6.07, 6.45) is -0.492. The van der Waals surface area contributed by atoms with Crippen molar-refractivity contribution in [1.29, 1.82) is 0 Å². The number of rotatable bonds is 5. The van der Waals surface area contributed by atoms with Crippen LogP contribution < -0.4 is 5.32 Å². The molecule has 0 aliphatic rings. The van der Waals surface area contributed by atoms with Crippen LogP contribution in [0.15, 0.2) is 29.2 Å². The molecule has 1 aromatic carbocycles. The second-order valence-electron chi connectivity index (χ2n) is 3.75. The third-order valence-electron chi connectivity index (χ3n) is 1.99. The van der Waals surface area contributed by atoms with Gasteiger partial charge in [-0.25, -0.2) is 0 Å². The van der Waals surface area contributed by atoms with Crippen molar-refractivity contribution in [2.24, 2.45) is 0 Å². The first-order valence-corrected chi connectivity index (χ1v) is 6.20.